The number of hydrogen-bond acceptors (Lipinski definition) is 7. The fraction of sp³-hybridized carbons (Fsp3) is 0.227. The molecule has 0 radical (unpaired) electrons. The van der Waals surface area contributed by atoms with Gasteiger partial charge < -0.3 is 14.1 Å². The summed E-state index contributed by atoms with van der Waals surface area (Å²) in [6.07, 6.45) is 1.65. The quantitative estimate of drug-likeness (QED) is 0.419. The molecule has 0 N–H and O–H groups in total. The molecule has 2 aromatic carbocycles. The van der Waals surface area contributed by atoms with Gasteiger partial charge in [-0.2, -0.15) is 0 Å². The van der Waals surface area contributed by atoms with E-state index in [0.717, 1.165) is 11.3 Å². The van der Waals surface area contributed by atoms with E-state index in [9.17, 15) is 4.39 Å². The summed E-state index contributed by atoms with van der Waals surface area (Å²) in [5.41, 5.74) is 2.40. The molecule has 3 heterocycles. The van der Waals surface area contributed by atoms with Crippen LogP contribution in [0.25, 0.3) is 17.1 Å². The number of morpholine rings is 1. The average Bonchev–Trinajstić information content (AvgIpc) is 3.46. The third-order valence-corrected chi connectivity index (χ3v) is 5.86. The Morgan fingerprint density at radius 1 is 1.00 bits per heavy atom. The Morgan fingerprint density at radius 2 is 1.84 bits per heavy atom. The third-order valence-electron chi connectivity index (χ3n) is 4.90. The molecule has 1 aliphatic rings. The molecule has 1 fully saturated rings. The van der Waals surface area contributed by atoms with Crippen molar-refractivity contribution in [2.24, 2.45) is 0 Å². The molecule has 0 amide bonds. The molecule has 2 aromatic heterocycles. The van der Waals surface area contributed by atoms with E-state index in [1.165, 1.54) is 23.9 Å². The van der Waals surface area contributed by atoms with Crippen LogP contribution in [0.1, 0.15) is 5.69 Å². The van der Waals surface area contributed by atoms with Crippen LogP contribution in [0.2, 0.25) is 0 Å². The summed E-state index contributed by atoms with van der Waals surface area (Å²) in [4.78, 5) is 6.68. The lowest BCUT2D eigenvalue weighted by molar-refractivity contribution is 0.122. The first-order chi connectivity index (χ1) is 15.3. The molecule has 0 unspecified atom stereocenters. The van der Waals surface area contributed by atoms with Crippen LogP contribution >= 0.6 is 11.8 Å². The van der Waals surface area contributed by atoms with E-state index in [4.69, 9.17) is 9.15 Å². The number of benzene rings is 2. The topological polar surface area (TPSA) is 69.2 Å². The lowest BCUT2D eigenvalue weighted by Gasteiger charge is -2.27. The molecule has 0 bridgehead atoms. The van der Waals surface area contributed by atoms with Crippen molar-refractivity contribution in [1.29, 1.82) is 0 Å². The SMILES string of the molecule is Fc1cccc(-n2c(SCc3coc(-c4ccccc4)n3)nnc2N2CCOCC2)c1. The number of ether oxygens (including phenoxy) is 1. The van der Waals surface area contributed by atoms with Crippen LogP contribution in [0.15, 0.2) is 70.4 Å². The first-order valence-corrected chi connectivity index (χ1v) is 10.9. The maximum Gasteiger partial charge on any atom is 0.232 e. The van der Waals surface area contributed by atoms with Crippen molar-refractivity contribution < 1.29 is 13.5 Å². The maximum atomic E-state index is 14.0. The minimum Gasteiger partial charge on any atom is -0.444 e. The molecular weight excluding hydrogens is 417 g/mol. The summed E-state index contributed by atoms with van der Waals surface area (Å²) in [5.74, 6) is 1.50. The highest BCUT2D eigenvalue weighted by Crippen LogP contribution is 2.30. The van der Waals surface area contributed by atoms with Gasteiger partial charge in [0.1, 0.15) is 12.1 Å². The molecular formula is C22H20FN5O2S. The minimum absolute atomic E-state index is 0.306. The highest BCUT2D eigenvalue weighted by molar-refractivity contribution is 7.98. The van der Waals surface area contributed by atoms with Gasteiger partial charge in [0.15, 0.2) is 5.16 Å². The Hall–Kier alpha value is -3.17. The number of nitrogens with zero attached hydrogens (tertiary/aromatic N) is 5. The van der Waals surface area contributed by atoms with Crippen LogP contribution in [0.4, 0.5) is 10.3 Å². The van der Waals surface area contributed by atoms with E-state index >= 15 is 0 Å². The van der Waals surface area contributed by atoms with Crippen LogP contribution in [0.3, 0.4) is 0 Å². The molecule has 0 atom stereocenters. The molecule has 0 spiro atoms. The summed E-state index contributed by atoms with van der Waals surface area (Å²) in [5, 5.41) is 9.46. The predicted octanol–water partition coefficient (Wildman–Crippen LogP) is 4.19. The molecule has 31 heavy (non-hydrogen) atoms. The number of rotatable bonds is 6. The summed E-state index contributed by atoms with van der Waals surface area (Å²) in [7, 11) is 0. The maximum absolute atomic E-state index is 14.0. The van der Waals surface area contributed by atoms with Gasteiger partial charge in [0.25, 0.3) is 0 Å². The fourth-order valence-electron chi connectivity index (χ4n) is 3.39. The van der Waals surface area contributed by atoms with Crippen molar-refractivity contribution in [3.8, 4) is 17.1 Å². The molecule has 7 nitrogen and oxygen atoms in total. The van der Waals surface area contributed by atoms with Gasteiger partial charge in [-0.15, -0.1) is 10.2 Å². The standard InChI is InChI=1S/C22H20FN5O2S/c23-17-7-4-8-19(13-17)28-21(27-9-11-29-12-10-27)25-26-22(28)31-15-18-14-30-20(24-18)16-5-2-1-3-6-16/h1-8,13-14H,9-12,15H2. The minimum atomic E-state index is -0.306. The van der Waals surface area contributed by atoms with Gasteiger partial charge in [-0.25, -0.2) is 9.37 Å². The fourth-order valence-corrected chi connectivity index (χ4v) is 4.21. The predicted molar refractivity (Wildman–Crippen MR) is 116 cm³/mol. The molecule has 0 saturated carbocycles. The van der Waals surface area contributed by atoms with Gasteiger partial charge >= 0.3 is 0 Å². The van der Waals surface area contributed by atoms with Gasteiger partial charge in [-0.1, -0.05) is 36.0 Å². The Labute approximate surface area is 182 Å². The van der Waals surface area contributed by atoms with E-state index in [1.807, 2.05) is 41.0 Å². The van der Waals surface area contributed by atoms with E-state index in [2.05, 4.69) is 20.1 Å². The van der Waals surface area contributed by atoms with E-state index in [-0.39, 0.29) is 5.82 Å². The van der Waals surface area contributed by atoms with Gasteiger partial charge in [0.05, 0.1) is 24.6 Å². The van der Waals surface area contributed by atoms with Crippen LogP contribution in [0.5, 0.6) is 0 Å². The van der Waals surface area contributed by atoms with Crippen molar-refractivity contribution in [3.63, 3.8) is 0 Å². The van der Waals surface area contributed by atoms with Gasteiger partial charge in [-0.3, -0.25) is 4.57 Å². The third kappa shape index (κ3) is 4.33. The number of halogens is 1. The van der Waals surface area contributed by atoms with E-state index in [0.29, 0.717) is 54.7 Å². The zero-order chi connectivity index (χ0) is 21.0. The van der Waals surface area contributed by atoms with Crippen molar-refractivity contribution in [2.75, 3.05) is 31.2 Å². The Morgan fingerprint density at radius 3 is 2.65 bits per heavy atom. The summed E-state index contributed by atoms with van der Waals surface area (Å²) in [6, 6.07) is 16.2. The van der Waals surface area contributed by atoms with Crippen LogP contribution in [0, 0.1) is 5.82 Å². The lowest BCUT2D eigenvalue weighted by atomic mass is 10.2. The summed E-state index contributed by atoms with van der Waals surface area (Å²) in [6.45, 7) is 2.67. The number of aromatic nitrogens is 4. The van der Waals surface area contributed by atoms with Gasteiger partial charge in [-0.05, 0) is 30.3 Å². The van der Waals surface area contributed by atoms with Gasteiger partial charge in [0.2, 0.25) is 11.8 Å². The Balaban J connectivity index is 1.41. The first kappa shape index (κ1) is 19.8. The van der Waals surface area contributed by atoms with Crippen molar-refractivity contribution in [1.82, 2.24) is 19.7 Å². The van der Waals surface area contributed by atoms with Crippen molar-refractivity contribution >= 4 is 17.7 Å². The Kier molecular flexibility index (Phi) is 5.68. The highest BCUT2D eigenvalue weighted by Gasteiger charge is 2.22. The first-order valence-electron chi connectivity index (χ1n) is 9.94. The molecule has 0 aliphatic carbocycles. The number of thioether (sulfide) groups is 1. The van der Waals surface area contributed by atoms with Crippen molar-refractivity contribution in [2.45, 2.75) is 10.9 Å². The normalized spacial score (nSPS) is 14.2. The second-order valence-electron chi connectivity index (χ2n) is 7.00. The van der Waals surface area contributed by atoms with E-state index in [1.54, 1.807) is 12.3 Å². The summed E-state index contributed by atoms with van der Waals surface area (Å²) >= 11 is 1.48. The molecule has 5 rings (SSSR count). The van der Waals surface area contributed by atoms with Crippen LogP contribution < -0.4 is 4.90 Å². The molecule has 1 aliphatic heterocycles. The largest absolute Gasteiger partial charge is 0.444 e. The van der Waals surface area contributed by atoms with Gasteiger partial charge in [0, 0.05) is 24.4 Å². The van der Waals surface area contributed by atoms with E-state index < -0.39 is 0 Å². The lowest BCUT2D eigenvalue weighted by Crippen LogP contribution is -2.37. The highest BCUT2D eigenvalue weighted by atomic mass is 32.2. The molecule has 158 valence electrons. The molecule has 4 aromatic rings. The van der Waals surface area contributed by atoms with Crippen LogP contribution in [-0.4, -0.2) is 46.1 Å². The number of anilines is 1. The second-order valence-corrected chi connectivity index (χ2v) is 7.94. The monoisotopic (exact) mass is 437 g/mol. The smallest absolute Gasteiger partial charge is 0.232 e. The Bertz CT molecular complexity index is 1160. The zero-order valence-corrected chi connectivity index (χ0v) is 17.5. The second kappa shape index (κ2) is 8.91. The zero-order valence-electron chi connectivity index (χ0n) is 16.6. The van der Waals surface area contributed by atoms with Crippen LogP contribution in [-0.2, 0) is 10.5 Å². The molecule has 1 saturated heterocycles. The summed E-state index contributed by atoms with van der Waals surface area (Å²) < 4.78 is 26.9. The average molecular weight is 438 g/mol. The van der Waals surface area contributed by atoms with Crippen molar-refractivity contribution in [3.05, 3.63) is 72.4 Å². The number of oxazole rings is 1. The molecule has 9 heteroatoms. The number of hydrogen-bond donors (Lipinski definition) is 0.